The first-order chi connectivity index (χ1) is 22.5. The Morgan fingerprint density at radius 2 is 0.478 bits per heavy atom. The molecule has 228 valence electrons. The van der Waals surface area contributed by atoms with Crippen LogP contribution < -0.4 is 21.5 Å². The fraction of sp³-hybridized carbons (Fsp3) is 0.0500. The van der Waals surface area contributed by atoms with Gasteiger partial charge in [0.25, 0.3) is 0 Å². The molecule has 2 radical (unpaired) electrons. The van der Waals surface area contributed by atoms with E-state index in [0.29, 0.717) is 0 Å². The Labute approximate surface area is 285 Å². The van der Waals surface area contributed by atoms with E-state index in [2.05, 4.69) is 182 Å². The van der Waals surface area contributed by atoms with Gasteiger partial charge in [-0.1, -0.05) is 0 Å². The molecule has 0 fully saturated rings. The molecule has 2 N–H and O–H groups in total. The van der Waals surface area contributed by atoms with Crippen molar-refractivity contribution in [2.75, 3.05) is 0 Å². The first kappa shape index (κ1) is 34.7. The van der Waals surface area contributed by atoms with Gasteiger partial charge in [0, 0.05) is 0 Å². The molecular weight excluding hydrogens is 782 g/mol. The van der Waals surface area contributed by atoms with Gasteiger partial charge in [-0.15, -0.1) is 0 Å². The molecule has 0 aliphatic rings. The van der Waals surface area contributed by atoms with Crippen molar-refractivity contribution in [3.63, 3.8) is 0 Å². The van der Waals surface area contributed by atoms with Crippen molar-refractivity contribution < 1.29 is 19.8 Å². The van der Waals surface area contributed by atoms with E-state index >= 15 is 0 Å². The zero-order valence-corrected chi connectivity index (χ0v) is 31.2. The van der Waals surface area contributed by atoms with Crippen LogP contribution in [0, 0.1) is 0 Å². The van der Waals surface area contributed by atoms with Gasteiger partial charge in [-0.05, 0) is 0 Å². The van der Waals surface area contributed by atoms with Gasteiger partial charge >= 0.3 is 255 Å². The van der Waals surface area contributed by atoms with Gasteiger partial charge in [0.1, 0.15) is 0 Å². The summed E-state index contributed by atoms with van der Waals surface area (Å²) in [5.41, 5.74) is 0. The van der Waals surface area contributed by atoms with Crippen molar-refractivity contribution >= 4 is 72.9 Å². The molecule has 0 saturated heterocycles. The number of hydrogen-bond acceptors (Lipinski definition) is 2. The van der Waals surface area contributed by atoms with Crippen molar-refractivity contribution in [1.82, 2.24) is 0 Å². The van der Waals surface area contributed by atoms with Gasteiger partial charge in [0.05, 0.1) is 12.8 Å². The number of benzene rings is 6. The second-order valence-electron chi connectivity index (χ2n) is 10.2. The maximum absolute atomic E-state index is 9.64. The molecule has 46 heavy (non-hydrogen) atoms. The second kappa shape index (κ2) is 19.4. The molecule has 6 heteroatoms. The SMILES string of the molecule is O=C(O)CCC(=O)O.c1cc[c]([Sn]([c]2ccccc2)[c]2ccccc2)cc1.c1cc[c]([Sn]([c]2ccccc2)[c]2ccccc2)cc1. The van der Waals surface area contributed by atoms with Crippen LogP contribution in [0.1, 0.15) is 12.8 Å². The molecule has 6 rings (SSSR count). The van der Waals surface area contributed by atoms with Crippen LogP contribution in [-0.2, 0) is 9.59 Å². The average molecular weight is 818 g/mol. The predicted molar refractivity (Wildman–Crippen MR) is 192 cm³/mol. The maximum atomic E-state index is 9.64. The van der Waals surface area contributed by atoms with Crippen LogP contribution in [0.3, 0.4) is 0 Å². The van der Waals surface area contributed by atoms with E-state index in [4.69, 9.17) is 10.2 Å². The fourth-order valence-electron chi connectivity index (χ4n) is 4.84. The summed E-state index contributed by atoms with van der Waals surface area (Å²) in [6.07, 6.45) is -0.593. The van der Waals surface area contributed by atoms with Crippen LogP contribution in [0.15, 0.2) is 182 Å². The Kier molecular flexibility index (Phi) is 14.6. The summed E-state index contributed by atoms with van der Waals surface area (Å²) in [6, 6.07) is 65.9. The third kappa shape index (κ3) is 11.3. The molecular formula is C40H36O4Sn2. The Hall–Kier alpha value is -4.14. The molecule has 0 aliphatic carbocycles. The molecule has 0 saturated carbocycles. The summed E-state index contributed by atoms with van der Waals surface area (Å²) in [5.74, 6) is -2.15. The number of aliphatic carboxylic acids is 2. The first-order valence-electron chi connectivity index (χ1n) is 15.0. The molecule has 0 spiro atoms. The summed E-state index contributed by atoms with van der Waals surface area (Å²) in [4.78, 5) is 19.3. The third-order valence-electron chi connectivity index (χ3n) is 6.93. The third-order valence-corrected chi connectivity index (χ3v) is 22.5. The van der Waals surface area contributed by atoms with Crippen LogP contribution in [-0.4, -0.2) is 61.7 Å². The zero-order chi connectivity index (χ0) is 32.4. The number of rotatable bonds is 9. The van der Waals surface area contributed by atoms with E-state index in [1.165, 1.54) is 21.5 Å². The van der Waals surface area contributed by atoms with Crippen LogP contribution in [0.2, 0.25) is 0 Å². The van der Waals surface area contributed by atoms with E-state index in [1.54, 1.807) is 0 Å². The van der Waals surface area contributed by atoms with Crippen molar-refractivity contribution in [2.45, 2.75) is 12.8 Å². The quantitative estimate of drug-likeness (QED) is 0.213. The van der Waals surface area contributed by atoms with E-state index in [1.807, 2.05) is 0 Å². The number of carboxylic acid groups (broad SMARTS) is 2. The van der Waals surface area contributed by atoms with Crippen molar-refractivity contribution in [1.29, 1.82) is 0 Å². The number of carbonyl (C=O) groups is 2. The monoisotopic (exact) mass is 820 g/mol. The Balaban J connectivity index is 0.000000170. The van der Waals surface area contributed by atoms with Crippen LogP contribution in [0.5, 0.6) is 0 Å². The summed E-state index contributed by atoms with van der Waals surface area (Å²) >= 11 is -3.96. The number of hydrogen-bond donors (Lipinski definition) is 2. The molecule has 0 amide bonds. The normalized spacial score (nSPS) is 10.2. The first-order valence-corrected chi connectivity index (χ1v) is 23.6. The van der Waals surface area contributed by atoms with E-state index in [9.17, 15) is 9.59 Å². The molecule has 0 atom stereocenters. The summed E-state index contributed by atoms with van der Waals surface area (Å²) in [6.45, 7) is 0. The minimum absolute atomic E-state index is 0.296. The summed E-state index contributed by atoms with van der Waals surface area (Å²) in [7, 11) is 0. The molecule has 4 nitrogen and oxygen atoms in total. The zero-order valence-electron chi connectivity index (χ0n) is 25.4. The minimum atomic E-state index is -1.98. The van der Waals surface area contributed by atoms with Crippen LogP contribution >= 0.6 is 0 Å². The van der Waals surface area contributed by atoms with Gasteiger partial charge in [0.2, 0.25) is 0 Å². The fourth-order valence-corrected chi connectivity index (χ4v) is 19.6. The predicted octanol–water partition coefficient (Wildman–Crippen LogP) is 4.34. The molecule has 6 aromatic rings. The molecule has 0 heterocycles. The topological polar surface area (TPSA) is 74.6 Å². The van der Waals surface area contributed by atoms with Gasteiger partial charge < -0.3 is 10.2 Å². The summed E-state index contributed by atoms with van der Waals surface area (Å²) < 4.78 is 9.18. The molecule has 0 bridgehead atoms. The van der Waals surface area contributed by atoms with Crippen LogP contribution in [0.25, 0.3) is 0 Å². The van der Waals surface area contributed by atoms with Crippen molar-refractivity contribution in [2.24, 2.45) is 0 Å². The Morgan fingerprint density at radius 3 is 0.609 bits per heavy atom. The number of carboxylic acids is 2. The molecule has 0 unspecified atom stereocenters. The Morgan fingerprint density at radius 1 is 0.326 bits per heavy atom. The molecule has 6 aromatic carbocycles. The second-order valence-corrected chi connectivity index (χ2v) is 24.4. The van der Waals surface area contributed by atoms with E-state index < -0.39 is 51.5 Å². The van der Waals surface area contributed by atoms with Crippen LogP contribution in [0.4, 0.5) is 0 Å². The van der Waals surface area contributed by atoms with E-state index in [0.717, 1.165) is 0 Å². The van der Waals surface area contributed by atoms with E-state index in [-0.39, 0.29) is 12.8 Å². The van der Waals surface area contributed by atoms with Gasteiger partial charge in [-0.2, -0.15) is 0 Å². The van der Waals surface area contributed by atoms with Gasteiger partial charge in [0.15, 0.2) is 0 Å². The standard InChI is InChI=1S/6C6H5.C4H6O4.2Sn/c6*1-2-4-6-5-3-1;5-3(6)1-2-4(7)8;;/h6*1-5H;1-2H2,(H,5,6)(H,7,8);;. The molecule has 0 aliphatic heterocycles. The average Bonchev–Trinajstić information content (AvgIpc) is 3.11. The van der Waals surface area contributed by atoms with Crippen molar-refractivity contribution in [3.8, 4) is 0 Å². The van der Waals surface area contributed by atoms with Crippen molar-refractivity contribution in [3.05, 3.63) is 182 Å². The molecule has 0 aromatic heterocycles. The van der Waals surface area contributed by atoms with Gasteiger partial charge in [-0.25, -0.2) is 0 Å². The Bertz CT molecular complexity index is 1400. The summed E-state index contributed by atoms with van der Waals surface area (Å²) in [5, 5.41) is 15.8. The van der Waals surface area contributed by atoms with Gasteiger partial charge in [-0.3, -0.25) is 9.59 Å².